The minimum Gasteiger partial charge on any atom is -0.478 e. The number of carbonyl (C=O) groups is 1. The maximum atomic E-state index is 11.2. The molecule has 0 bridgehead atoms. The molecular formula is C16H20N2O2. The molecule has 1 heterocycles. The van der Waals surface area contributed by atoms with Crippen LogP contribution in [0.1, 0.15) is 55.9 Å². The van der Waals surface area contributed by atoms with Crippen LogP contribution in [0.2, 0.25) is 0 Å². The molecule has 1 aromatic heterocycles. The molecule has 0 saturated heterocycles. The summed E-state index contributed by atoms with van der Waals surface area (Å²) in [6.07, 6.45) is 6.71. The highest BCUT2D eigenvalue weighted by Crippen LogP contribution is 2.44. The van der Waals surface area contributed by atoms with Gasteiger partial charge in [0, 0.05) is 6.04 Å². The SMILES string of the molecule is CC1(C)CCCCC1n1cnc2ccc(C(=O)O)cc21. The van der Waals surface area contributed by atoms with Gasteiger partial charge in [0.1, 0.15) is 0 Å². The number of nitrogens with zero attached hydrogens (tertiary/aromatic N) is 2. The van der Waals surface area contributed by atoms with Crippen LogP contribution in [0.25, 0.3) is 11.0 Å². The Morgan fingerprint density at radius 3 is 2.90 bits per heavy atom. The van der Waals surface area contributed by atoms with Crippen molar-refractivity contribution in [3.8, 4) is 0 Å². The summed E-state index contributed by atoms with van der Waals surface area (Å²) in [4.78, 5) is 15.6. The number of hydrogen-bond donors (Lipinski definition) is 1. The van der Waals surface area contributed by atoms with Crippen LogP contribution >= 0.6 is 0 Å². The van der Waals surface area contributed by atoms with Crippen molar-refractivity contribution in [1.82, 2.24) is 9.55 Å². The van der Waals surface area contributed by atoms with Gasteiger partial charge in [-0.1, -0.05) is 26.7 Å². The average molecular weight is 272 g/mol. The van der Waals surface area contributed by atoms with E-state index < -0.39 is 5.97 Å². The number of carboxylic acid groups (broad SMARTS) is 1. The van der Waals surface area contributed by atoms with Crippen LogP contribution in [0.3, 0.4) is 0 Å². The summed E-state index contributed by atoms with van der Waals surface area (Å²) >= 11 is 0. The summed E-state index contributed by atoms with van der Waals surface area (Å²) in [7, 11) is 0. The summed E-state index contributed by atoms with van der Waals surface area (Å²) in [6, 6.07) is 5.55. The van der Waals surface area contributed by atoms with Gasteiger partial charge in [-0.15, -0.1) is 0 Å². The van der Waals surface area contributed by atoms with E-state index in [-0.39, 0.29) is 5.41 Å². The number of imidazole rings is 1. The molecule has 1 aliphatic rings. The molecule has 106 valence electrons. The molecule has 1 N–H and O–H groups in total. The fraction of sp³-hybridized carbons (Fsp3) is 0.500. The molecule has 1 aromatic carbocycles. The van der Waals surface area contributed by atoms with Gasteiger partial charge in [-0.2, -0.15) is 0 Å². The predicted molar refractivity (Wildman–Crippen MR) is 78.0 cm³/mol. The summed E-state index contributed by atoms with van der Waals surface area (Å²) in [6.45, 7) is 4.59. The third-order valence-electron chi connectivity index (χ3n) is 4.61. The molecule has 20 heavy (non-hydrogen) atoms. The molecule has 4 nitrogen and oxygen atoms in total. The lowest BCUT2D eigenvalue weighted by Crippen LogP contribution is -2.30. The zero-order chi connectivity index (χ0) is 14.3. The van der Waals surface area contributed by atoms with Crippen LogP contribution in [0.15, 0.2) is 24.5 Å². The molecule has 0 amide bonds. The Bertz CT molecular complexity index is 658. The van der Waals surface area contributed by atoms with E-state index in [2.05, 4.69) is 23.4 Å². The lowest BCUT2D eigenvalue weighted by Gasteiger charge is -2.39. The first-order valence-corrected chi connectivity index (χ1v) is 7.19. The molecule has 1 saturated carbocycles. The highest BCUT2D eigenvalue weighted by atomic mass is 16.4. The second kappa shape index (κ2) is 4.62. The van der Waals surface area contributed by atoms with Crippen LogP contribution < -0.4 is 0 Å². The Morgan fingerprint density at radius 2 is 2.20 bits per heavy atom. The first-order chi connectivity index (χ1) is 9.49. The van der Waals surface area contributed by atoms with Gasteiger partial charge in [0.05, 0.1) is 22.9 Å². The first-order valence-electron chi connectivity index (χ1n) is 7.19. The van der Waals surface area contributed by atoms with Gasteiger partial charge < -0.3 is 9.67 Å². The molecule has 0 spiro atoms. The van der Waals surface area contributed by atoms with Crippen molar-refractivity contribution in [2.24, 2.45) is 5.41 Å². The molecule has 1 atom stereocenters. The molecule has 0 radical (unpaired) electrons. The molecular weight excluding hydrogens is 252 g/mol. The lowest BCUT2D eigenvalue weighted by atomic mass is 9.73. The normalized spacial score (nSPS) is 22.0. The Hall–Kier alpha value is -1.84. The second-order valence-corrected chi connectivity index (χ2v) is 6.41. The van der Waals surface area contributed by atoms with Crippen molar-refractivity contribution < 1.29 is 9.90 Å². The minimum atomic E-state index is -0.887. The number of hydrogen-bond acceptors (Lipinski definition) is 2. The Morgan fingerprint density at radius 1 is 1.40 bits per heavy atom. The highest BCUT2D eigenvalue weighted by molar-refractivity contribution is 5.92. The average Bonchev–Trinajstić information content (AvgIpc) is 2.81. The van der Waals surface area contributed by atoms with Crippen LogP contribution in [-0.2, 0) is 0 Å². The van der Waals surface area contributed by atoms with Gasteiger partial charge in [-0.3, -0.25) is 0 Å². The molecule has 2 aromatic rings. The van der Waals surface area contributed by atoms with E-state index in [1.807, 2.05) is 6.33 Å². The van der Waals surface area contributed by atoms with Gasteiger partial charge in [-0.25, -0.2) is 9.78 Å². The smallest absolute Gasteiger partial charge is 0.335 e. The molecule has 1 fully saturated rings. The topological polar surface area (TPSA) is 55.1 Å². The number of aromatic nitrogens is 2. The van der Waals surface area contributed by atoms with Crippen molar-refractivity contribution in [3.05, 3.63) is 30.1 Å². The van der Waals surface area contributed by atoms with E-state index in [1.54, 1.807) is 18.2 Å². The van der Waals surface area contributed by atoms with Gasteiger partial charge >= 0.3 is 5.97 Å². The molecule has 0 aliphatic heterocycles. The Balaban J connectivity index is 2.11. The van der Waals surface area contributed by atoms with Crippen molar-refractivity contribution in [2.45, 2.75) is 45.6 Å². The summed E-state index contributed by atoms with van der Waals surface area (Å²) in [5.41, 5.74) is 2.36. The Labute approximate surface area is 118 Å². The summed E-state index contributed by atoms with van der Waals surface area (Å²) in [5, 5.41) is 9.16. The van der Waals surface area contributed by atoms with Gasteiger partial charge in [0.25, 0.3) is 0 Å². The Kier molecular flexibility index (Phi) is 3.04. The van der Waals surface area contributed by atoms with E-state index in [9.17, 15) is 4.79 Å². The van der Waals surface area contributed by atoms with E-state index in [4.69, 9.17) is 5.11 Å². The quantitative estimate of drug-likeness (QED) is 0.902. The van der Waals surface area contributed by atoms with E-state index in [1.165, 1.54) is 19.3 Å². The summed E-state index contributed by atoms with van der Waals surface area (Å²) < 4.78 is 2.18. The van der Waals surface area contributed by atoms with Crippen LogP contribution in [0.5, 0.6) is 0 Å². The lowest BCUT2D eigenvalue weighted by molar-refractivity contribution is 0.0697. The number of rotatable bonds is 2. The van der Waals surface area contributed by atoms with Crippen molar-refractivity contribution >= 4 is 17.0 Å². The maximum absolute atomic E-state index is 11.2. The number of fused-ring (bicyclic) bond motifs is 1. The minimum absolute atomic E-state index is 0.227. The van der Waals surface area contributed by atoms with Gasteiger partial charge in [0.2, 0.25) is 0 Å². The molecule has 4 heteroatoms. The molecule has 1 aliphatic carbocycles. The van der Waals surface area contributed by atoms with Crippen LogP contribution in [-0.4, -0.2) is 20.6 Å². The third kappa shape index (κ3) is 2.09. The van der Waals surface area contributed by atoms with Gasteiger partial charge in [-0.05, 0) is 36.5 Å². The first kappa shape index (κ1) is 13.2. The third-order valence-corrected chi connectivity index (χ3v) is 4.61. The van der Waals surface area contributed by atoms with Crippen LogP contribution in [0.4, 0.5) is 0 Å². The molecule has 1 unspecified atom stereocenters. The van der Waals surface area contributed by atoms with E-state index in [0.717, 1.165) is 17.5 Å². The van der Waals surface area contributed by atoms with Crippen LogP contribution in [0, 0.1) is 5.41 Å². The monoisotopic (exact) mass is 272 g/mol. The number of carboxylic acids is 1. The van der Waals surface area contributed by atoms with Gasteiger partial charge in [0.15, 0.2) is 0 Å². The largest absolute Gasteiger partial charge is 0.478 e. The number of aromatic carboxylic acids is 1. The fourth-order valence-corrected chi connectivity index (χ4v) is 3.40. The van der Waals surface area contributed by atoms with Crippen molar-refractivity contribution in [1.29, 1.82) is 0 Å². The van der Waals surface area contributed by atoms with Crippen molar-refractivity contribution in [2.75, 3.05) is 0 Å². The molecule has 3 rings (SSSR count). The maximum Gasteiger partial charge on any atom is 0.335 e. The zero-order valence-corrected chi connectivity index (χ0v) is 12.0. The van der Waals surface area contributed by atoms with E-state index in [0.29, 0.717) is 11.6 Å². The van der Waals surface area contributed by atoms with Crippen molar-refractivity contribution in [3.63, 3.8) is 0 Å². The highest BCUT2D eigenvalue weighted by Gasteiger charge is 2.34. The predicted octanol–water partition coefficient (Wildman–Crippen LogP) is 3.88. The summed E-state index contributed by atoms with van der Waals surface area (Å²) in [5.74, 6) is -0.887. The fourth-order valence-electron chi connectivity index (χ4n) is 3.40. The van der Waals surface area contributed by atoms with E-state index >= 15 is 0 Å². The number of benzene rings is 1. The zero-order valence-electron chi connectivity index (χ0n) is 12.0. The second-order valence-electron chi connectivity index (χ2n) is 6.41. The standard InChI is InChI=1S/C16H20N2O2/c1-16(2)8-4-3-5-14(16)18-10-17-12-7-6-11(15(19)20)9-13(12)18/h6-7,9-10,14H,3-5,8H2,1-2H3,(H,19,20).